The third-order valence-corrected chi connectivity index (χ3v) is 4.88. The summed E-state index contributed by atoms with van der Waals surface area (Å²) in [5, 5.41) is 14.6. The second-order valence-corrected chi connectivity index (χ2v) is 7.62. The van der Waals surface area contributed by atoms with Gasteiger partial charge in [-0.1, -0.05) is 60.7 Å². The van der Waals surface area contributed by atoms with E-state index in [-0.39, 0.29) is 57.1 Å². The van der Waals surface area contributed by atoms with E-state index in [1.165, 1.54) is 0 Å². The van der Waals surface area contributed by atoms with E-state index in [4.69, 9.17) is 16.2 Å². The molecule has 12 heteroatoms. The van der Waals surface area contributed by atoms with Gasteiger partial charge in [-0.2, -0.15) is 0 Å². The zero-order chi connectivity index (χ0) is 25.5. The normalized spacial score (nSPS) is 11.5. The van der Waals surface area contributed by atoms with Crippen molar-refractivity contribution >= 4 is 36.5 Å². The largest absolute Gasteiger partial charge is 0.465 e. The van der Waals surface area contributed by atoms with Crippen LogP contribution < -0.4 is 22.1 Å². The minimum Gasteiger partial charge on any atom is -0.465 e. The van der Waals surface area contributed by atoms with Gasteiger partial charge in [0.1, 0.15) is 6.61 Å². The van der Waals surface area contributed by atoms with Crippen LogP contribution in [0.2, 0.25) is 0 Å². The molecule has 0 aliphatic heterocycles. The van der Waals surface area contributed by atoms with Crippen molar-refractivity contribution in [1.82, 2.24) is 15.5 Å². The van der Waals surface area contributed by atoms with Crippen LogP contribution in [0.25, 0.3) is 0 Å². The third kappa shape index (κ3) is 11.5. The first kappa shape index (κ1) is 30.2. The van der Waals surface area contributed by atoms with E-state index < -0.39 is 18.2 Å². The number of alkyl carbamates (subject to hydrolysis) is 1. The Kier molecular flexibility index (Phi) is 14.0. The average molecular weight is 521 g/mol. The van der Waals surface area contributed by atoms with E-state index in [1.807, 2.05) is 48.5 Å². The summed E-state index contributed by atoms with van der Waals surface area (Å²) in [5.74, 6) is -0.484. The van der Waals surface area contributed by atoms with Gasteiger partial charge >= 0.3 is 12.2 Å². The van der Waals surface area contributed by atoms with Crippen LogP contribution in [0, 0.1) is 0 Å². The Balaban J connectivity index is 0.00000648. The molecule has 36 heavy (non-hydrogen) atoms. The van der Waals surface area contributed by atoms with Crippen molar-refractivity contribution in [3.8, 4) is 0 Å². The molecule has 0 aliphatic rings. The first-order chi connectivity index (χ1) is 16.9. The molecule has 0 aromatic heterocycles. The fourth-order valence-corrected chi connectivity index (χ4v) is 2.99. The zero-order valence-electron chi connectivity index (χ0n) is 19.8. The Morgan fingerprint density at radius 2 is 1.56 bits per heavy atom. The first-order valence-corrected chi connectivity index (χ1v) is 11.2. The van der Waals surface area contributed by atoms with Crippen molar-refractivity contribution < 1.29 is 24.2 Å². The molecule has 0 saturated heterocycles. The number of carbonyl (C=O) groups excluding carboxylic acids is 2. The maximum Gasteiger partial charge on any atom is 0.414 e. The van der Waals surface area contributed by atoms with Gasteiger partial charge in [0.15, 0.2) is 0 Å². The van der Waals surface area contributed by atoms with E-state index in [0.717, 1.165) is 16.0 Å². The van der Waals surface area contributed by atoms with Gasteiger partial charge in [-0.15, -0.1) is 12.4 Å². The minimum absolute atomic E-state index is 0. The van der Waals surface area contributed by atoms with Gasteiger partial charge < -0.3 is 31.9 Å². The maximum atomic E-state index is 12.1. The molecule has 11 nitrogen and oxygen atoms in total. The zero-order valence-corrected chi connectivity index (χ0v) is 20.7. The van der Waals surface area contributed by atoms with Crippen molar-refractivity contribution in [1.29, 1.82) is 0 Å². The van der Waals surface area contributed by atoms with E-state index in [0.29, 0.717) is 12.8 Å². The van der Waals surface area contributed by atoms with Crippen molar-refractivity contribution in [2.75, 3.05) is 19.6 Å². The second-order valence-electron chi connectivity index (χ2n) is 7.62. The lowest BCUT2D eigenvalue weighted by molar-refractivity contribution is -0.122. The number of aliphatic imine (C=N–C) groups is 1. The number of hydrogen-bond acceptors (Lipinski definition) is 6. The van der Waals surface area contributed by atoms with Crippen LogP contribution in [0.4, 0.5) is 9.59 Å². The number of carboxylic acid groups (broad SMARTS) is 1. The Morgan fingerprint density at radius 3 is 2.17 bits per heavy atom. The molecule has 0 bridgehead atoms. The molecular formula is C24H33ClN6O5. The lowest BCUT2D eigenvalue weighted by Crippen LogP contribution is -2.43. The molecule has 0 spiro atoms. The fourth-order valence-electron chi connectivity index (χ4n) is 2.99. The highest BCUT2D eigenvalue weighted by atomic mass is 35.5. The molecule has 2 aromatic rings. The summed E-state index contributed by atoms with van der Waals surface area (Å²) in [4.78, 5) is 40.3. The lowest BCUT2D eigenvalue weighted by atomic mass is 10.1. The van der Waals surface area contributed by atoms with Crippen molar-refractivity contribution in [2.45, 2.75) is 32.0 Å². The Labute approximate surface area is 216 Å². The molecule has 0 fully saturated rings. The highest BCUT2D eigenvalue weighted by Crippen LogP contribution is 2.05. The molecule has 0 aliphatic carbocycles. The van der Waals surface area contributed by atoms with Crippen LogP contribution in [-0.2, 0) is 22.7 Å². The number of benzene rings is 2. The number of carbonyl (C=O) groups is 3. The van der Waals surface area contributed by atoms with Crippen molar-refractivity contribution in [2.24, 2.45) is 16.5 Å². The van der Waals surface area contributed by atoms with E-state index >= 15 is 0 Å². The molecule has 0 saturated carbocycles. The quantitative estimate of drug-likeness (QED) is 0.162. The molecule has 2 rings (SSSR count). The number of rotatable bonds is 12. The molecule has 2 aromatic carbocycles. The van der Waals surface area contributed by atoms with Gasteiger partial charge in [0.05, 0.1) is 12.6 Å². The molecule has 3 amide bonds. The Hall–Kier alpha value is -3.83. The molecule has 0 radical (unpaired) electrons. The van der Waals surface area contributed by atoms with Crippen molar-refractivity contribution in [3.63, 3.8) is 0 Å². The second kappa shape index (κ2) is 16.7. The number of amides is 3. The molecule has 1 atom stereocenters. The van der Waals surface area contributed by atoms with Crippen LogP contribution in [-0.4, -0.2) is 59.7 Å². The highest BCUT2D eigenvalue weighted by molar-refractivity contribution is 5.92. The number of guanidine groups is 1. The van der Waals surface area contributed by atoms with Gasteiger partial charge in [-0.05, 0) is 24.0 Å². The summed E-state index contributed by atoms with van der Waals surface area (Å²) in [6.45, 7) is 0.860. The smallest absolute Gasteiger partial charge is 0.414 e. The van der Waals surface area contributed by atoms with Crippen LogP contribution >= 0.6 is 12.4 Å². The van der Waals surface area contributed by atoms with Gasteiger partial charge in [0.2, 0.25) is 11.9 Å². The topological polar surface area (TPSA) is 172 Å². The summed E-state index contributed by atoms with van der Waals surface area (Å²) in [6.07, 6.45) is -1.01. The summed E-state index contributed by atoms with van der Waals surface area (Å²) in [6, 6.07) is 17.6. The van der Waals surface area contributed by atoms with E-state index in [2.05, 4.69) is 15.6 Å². The van der Waals surface area contributed by atoms with E-state index in [9.17, 15) is 19.5 Å². The third-order valence-electron chi connectivity index (χ3n) is 4.88. The molecule has 7 N–H and O–H groups in total. The standard InChI is InChI=1S/C24H32N6O5.ClH/c25-20(21(31)27-14-15-29-23(32)35-17-19-10-5-2-6-11-19)12-7-13-28-22(26)30(24(33)34)16-18-8-3-1-4-9-18;/h1-6,8-11,20H,7,12-17,25H2,(H2,26,28)(H,27,31)(H,29,32)(H,33,34);1H/t20-;/m0./s1. The fraction of sp³-hybridized carbons (Fsp3) is 0.333. The number of nitrogens with one attached hydrogen (secondary N) is 2. The van der Waals surface area contributed by atoms with E-state index in [1.54, 1.807) is 12.1 Å². The predicted molar refractivity (Wildman–Crippen MR) is 139 cm³/mol. The first-order valence-electron chi connectivity index (χ1n) is 11.2. The summed E-state index contributed by atoms with van der Waals surface area (Å²) in [5.41, 5.74) is 13.4. The van der Waals surface area contributed by atoms with Crippen molar-refractivity contribution in [3.05, 3.63) is 71.8 Å². The van der Waals surface area contributed by atoms with Gasteiger partial charge in [-0.3, -0.25) is 9.79 Å². The SMILES string of the molecule is Cl.NC(=NCCC[C@H](N)C(=O)NCCNC(=O)OCc1ccccc1)N(Cc1ccccc1)C(=O)O. The Morgan fingerprint density at radius 1 is 0.972 bits per heavy atom. The summed E-state index contributed by atoms with van der Waals surface area (Å²) < 4.78 is 5.08. The molecule has 196 valence electrons. The van der Waals surface area contributed by atoms with Crippen LogP contribution in [0.5, 0.6) is 0 Å². The molecule has 0 unspecified atom stereocenters. The molecular weight excluding hydrogens is 488 g/mol. The summed E-state index contributed by atoms with van der Waals surface area (Å²) in [7, 11) is 0. The van der Waals surface area contributed by atoms with Crippen LogP contribution in [0.15, 0.2) is 65.7 Å². The van der Waals surface area contributed by atoms with Crippen LogP contribution in [0.3, 0.4) is 0 Å². The number of ether oxygens (including phenoxy) is 1. The summed E-state index contributed by atoms with van der Waals surface area (Å²) >= 11 is 0. The lowest BCUT2D eigenvalue weighted by Gasteiger charge is -2.18. The number of hydrogen-bond donors (Lipinski definition) is 5. The van der Waals surface area contributed by atoms with Gasteiger partial charge in [0.25, 0.3) is 0 Å². The molecule has 0 heterocycles. The number of nitrogens with zero attached hydrogens (tertiary/aromatic N) is 2. The van der Waals surface area contributed by atoms with Gasteiger partial charge in [0, 0.05) is 19.6 Å². The Bertz CT molecular complexity index is 977. The minimum atomic E-state index is -1.20. The number of halogens is 1. The maximum absolute atomic E-state index is 12.1. The monoisotopic (exact) mass is 520 g/mol. The van der Waals surface area contributed by atoms with Gasteiger partial charge in [-0.25, -0.2) is 14.5 Å². The predicted octanol–water partition coefficient (Wildman–Crippen LogP) is 2.05. The average Bonchev–Trinajstić information content (AvgIpc) is 2.87. The highest BCUT2D eigenvalue weighted by Gasteiger charge is 2.17. The van der Waals surface area contributed by atoms with Crippen LogP contribution in [0.1, 0.15) is 24.0 Å². The number of nitrogens with two attached hydrogens (primary N) is 2.